The van der Waals surface area contributed by atoms with E-state index in [0.29, 0.717) is 24.9 Å². The summed E-state index contributed by atoms with van der Waals surface area (Å²) in [5, 5.41) is 0. The Morgan fingerprint density at radius 3 is 3.08 bits per heavy atom. The number of ether oxygens (including phenoxy) is 1. The lowest BCUT2D eigenvalue weighted by molar-refractivity contribution is -0.143. The highest BCUT2D eigenvalue weighted by Crippen LogP contribution is 2.05. The molecule has 0 aromatic heterocycles. The molecule has 0 N–H and O–H groups in total. The fraction of sp³-hybridized carbons (Fsp3) is 0.875. The molecule has 1 aliphatic rings. The molecule has 12 heavy (non-hydrogen) atoms. The summed E-state index contributed by atoms with van der Waals surface area (Å²) in [7, 11) is 0. The van der Waals surface area contributed by atoms with Crippen molar-refractivity contribution < 1.29 is 9.53 Å². The minimum atomic E-state index is 0.0817. The second-order valence-electron chi connectivity index (χ2n) is 3.15. The van der Waals surface area contributed by atoms with Crippen molar-refractivity contribution in [3.63, 3.8) is 0 Å². The molecule has 0 bridgehead atoms. The second kappa shape index (κ2) is 4.67. The van der Waals surface area contributed by atoms with Gasteiger partial charge in [-0.15, -0.1) is 11.6 Å². The first-order valence-electron chi connectivity index (χ1n) is 4.15. The van der Waals surface area contributed by atoms with Gasteiger partial charge in [-0.1, -0.05) is 6.92 Å². The molecule has 1 amide bonds. The Hall–Kier alpha value is -0.280. The molecular weight excluding hydrogens is 178 g/mol. The molecule has 0 aliphatic carbocycles. The number of hydrogen-bond acceptors (Lipinski definition) is 2. The average Bonchev–Trinajstić information content (AvgIpc) is 2.09. The topological polar surface area (TPSA) is 29.5 Å². The number of amides is 1. The quantitative estimate of drug-likeness (QED) is 0.616. The van der Waals surface area contributed by atoms with E-state index < -0.39 is 0 Å². The lowest BCUT2D eigenvalue weighted by Gasteiger charge is -2.28. The summed E-state index contributed by atoms with van der Waals surface area (Å²) in [4.78, 5) is 13.0. The molecule has 1 heterocycles. The van der Waals surface area contributed by atoms with Gasteiger partial charge in [0.2, 0.25) is 5.91 Å². The molecule has 0 aromatic rings. The number of rotatable bonds is 3. The van der Waals surface area contributed by atoms with Crippen LogP contribution in [0, 0.1) is 5.92 Å². The number of carbonyl (C=O) groups excluding carboxylic acids is 1. The van der Waals surface area contributed by atoms with Gasteiger partial charge < -0.3 is 9.64 Å². The van der Waals surface area contributed by atoms with Crippen molar-refractivity contribution in [1.29, 1.82) is 0 Å². The van der Waals surface area contributed by atoms with E-state index in [0.717, 1.165) is 6.54 Å². The Morgan fingerprint density at radius 2 is 2.50 bits per heavy atom. The van der Waals surface area contributed by atoms with Gasteiger partial charge in [0.05, 0.1) is 6.61 Å². The van der Waals surface area contributed by atoms with Gasteiger partial charge in [0.1, 0.15) is 6.61 Å². The van der Waals surface area contributed by atoms with Crippen LogP contribution in [0.3, 0.4) is 0 Å². The predicted molar refractivity (Wildman–Crippen MR) is 47.3 cm³/mol. The van der Waals surface area contributed by atoms with Gasteiger partial charge in [-0.3, -0.25) is 4.79 Å². The normalized spacial score (nSPS) is 21.2. The third kappa shape index (κ3) is 2.64. The standard InChI is InChI=1S/C8H14ClNO2/c1-7(4-9)5-10-2-3-12-6-8(10)11/h7H,2-6H2,1H3. The van der Waals surface area contributed by atoms with Crippen LogP contribution in [0.2, 0.25) is 0 Å². The zero-order chi connectivity index (χ0) is 8.97. The third-order valence-electron chi connectivity index (χ3n) is 1.88. The Bertz CT molecular complexity index is 163. The van der Waals surface area contributed by atoms with Crippen LogP contribution >= 0.6 is 11.6 Å². The Labute approximate surface area is 77.6 Å². The van der Waals surface area contributed by atoms with Gasteiger partial charge in [-0.05, 0) is 5.92 Å². The van der Waals surface area contributed by atoms with E-state index in [1.54, 1.807) is 0 Å². The molecule has 0 aromatic carbocycles. The molecule has 1 atom stereocenters. The van der Waals surface area contributed by atoms with E-state index in [9.17, 15) is 4.79 Å². The molecule has 1 aliphatic heterocycles. The number of nitrogens with zero attached hydrogens (tertiary/aromatic N) is 1. The Kier molecular flexibility index (Phi) is 3.82. The van der Waals surface area contributed by atoms with Crippen LogP contribution < -0.4 is 0 Å². The highest BCUT2D eigenvalue weighted by molar-refractivity contribution is 6.18. The number of halogens is 1. The monoisotopic (exact) mass is 191 g/mol. The first kappa shape index (κ1) is 9.81. The van der Waals surface area contributed by atoms with Crippen LogP contribution in [0.15, 0.2) is 0 Å². The maximum Gasteiger partial charge on any atom is 0.248 e. The number of alkyl halides is 1. The van der Waals surface area contributed by atoms with Gasteiger partial charge in [-0.2, -0.15) is 0 Å². The summed E-state index contributed by atoms with van der Waals surface area (Å²) >= 11 is 5.65. The van der Waals surface area contributed by atoms with Crippen molar-refractivity contribution in [2.45, 2.75) is 6.92 Å². The second-order valence-corrected chi connectivity index (χ2v) is 3.46. The van der Waals surface area contributed by atoms with Crippen LogP contribution in [0.25, 0.3) is 0 Å². The van der Waals surface area contributed by atoms with Crippen LogP contribution in [-0.4, -0.2) is 43.0 Å². The smallest absolute Gasteiger partial charge is 0.248 e. The van der Waals surface area contributed by atoms with Gasteiger partial charge in [0.15, 0.2) is 0 Å². The van der Waals surface area contributed by atoms with Crippen LogP contribution in [0.4, 0.5) is 0 Å². The third-order valence-corrected chi connectivity index (χ3v) is 2.41. The summed E-state index contributed by atoms with van der Waals surface area (Å²) in [6.45, 7) is 4.39. The van der Waals surface area contributed by atoms with Crippen LogP contribution in [0.1, 0.15) is 6.92 Å². The molecule has 70 valence electrons. The van der Waals surface area contributed by atoms with E-state index in [1.807, 2.05) is 11.8 Å². The van der Waals surface area contributed by atoms with Gasteiger partial charge in [0, 0.05) is 19.0 Å². The minimum Gasteiger partial charge on any atom is -0.370 e. The molecule has 1 fully saturated rings. The van der Waals surface area contributed by atoms with E-state index in [1.165, 1.54) is 0 Å². The lowest BCUT2D eigenvalue weighted by Crippen LogP contribution is -2.43. The zero-order valence-corrected chi connectivity index (χ0v) is 8.01. The molecular formula is C8H14ClNO2. The summed E-state index contributed by atoms with van der Waals surface area (Å²) in [5.41, 5.74) is 0. The first-order valence-corrected chi connectivity index (χ1v) is 4.69. The Morgan fingerprint density at radius 1 is 1.75 bits per heavy atom. The summed E-state index contributed by atoms with van der Waals surface area (Å²) in [6, 6.07) is 0. The van der Waals surface area contributed by atoms with Gasteiger partial charge >= 0.3 is 0 Å². The number of carbonyl (C=O) groups is 1. The highest BCUT2D eigenvalue weighted by atomic mass is 35.5. The number of hydrogen-bond donors (Lipinski definition) is 0. The maximum atomic E-state index is 11.2. The van der Waals surface area contributed by atoms with E-state index in [-0.39, 0.29) is 12.5 Å². The fourth-order valence-electron chi connectivity index (χ4n) is 1.17. The van der Waals surface area contributed by atoms with Crippen molar-refractivity contribution in [2.24, 2.45) is 5.92 Å². The molecule has 1 unspecified atom stereocenters. The zero-order valence-electron chi connectivity index (χ0n) is 7.25. The van der Waals surface area contributed by atoms with Crippen molar-refractivity contribution in [3.8, 4) is 0 Å². The molecule has 4 heteroatoms. The molecule has 0 spiro atoms. The molecule has 1 saturated heterocycles. The van der Waals surface area contributed by atoms with Gasteiger partial charge in [-0.25, -0.2) is 0 Å². The fourth-order valence-corrected chi connectivity index (χ4v) is 1.27. The summed E-state index contributed by atoms with van der Waals surface area (Å²) < 4.78 is 5.00. The van der Waals surface area contributed by atoms with Crippen molar-refractivity contribution in [1.82, 2.24) is 4.90 Å². The van der Waals surface area contributed by atoms with Gasteiger partial charge in [0.25, 0.3) is 0 Å². The van der Waals surface area contributed by atoms with Crippen molar-refractivity contribution >= 4 is 17.5 Å². The molecule has 0 radical (unpaired) electrons. The summed E-state index contributed by atoms with van der Waals surface area (Å²) in [6.07, 6.45) is 0. The first-order chi connectivity index (χ1) is 5.74. The summed E-state index contributed by atoms with van der Waals surface area (Å²) in [5.74, 6) is 1.05. The highest BCUT2D eigenvalue weighted by Gasteiger charge is 2.19. The number of morpholine rings is 1. The van der Waals surface area contributed by atoms with Crippen LogP contribution in [0.5, 0.6) is 0 Å². The largest absolute Gasteiger partial charge is 0.370 e. The molecule has 0 saturated carbocycles. The van der Waals surface area contributed by atoms with Crippen LogP contribution in [-0.2, 0) is 9.53 Å². The minimum absolute atomic E-state index is 0.0817. The molecule has 3 nitrogen and oxygen atoms in total. The van der Waals surface area contributed by atoms with Crippen molar-refractivity contribution in [2.75, 3.05) is 32.2 Å². The van der Waals surface area contributed by atoms with E-state index in [2.05, 4.69) is 0 Å². The average molecular weight is 192 g/mol. The lowest BCUT2D eigenvalue weighted by atomic mass is 10.2. The van der Waals surface area contributed by atoms with Crippen molar-refractivity contribution in [3.05, 3.63) is 0 Å². The maximum absolute atomic E-state index is 11.2. The van der Waals surface area contributed by atoms with E-state index >= 15 is 0 Å². The Balaban J connectivity index is 2.34. The SMILES string of the molecule is CC(CCl)CN1CCOCC1=O. The predicted octanol–water partition coefficient (Wildman–Crippen LogP) is 0.720. The molecule has 1 rings (SSSR count). The van der Waals surface area contributed by atoms with E-state index in [4.69, 9.17) is 16.3 Å².